The molecule has 3 saturated carbocycles. The Balaban J connectivity index is 1.55. The number of nitrogens with zero attached hydrogens (tertiary/aromatic N) is 2. The third kappa shape index (κ3) is 4.79. The van der Waals surface area contributed by atoms with Gasteiger partial charge in [-0.05, 0) is 88.6 Å². The van der Waals surface area contributed by atoms with E-state index in [2.05, 4.69) is 17.0 Å². The lowest BCUT2D eigenvalue weighted by molar-refractivity contribution is 0.0138. The quantitative estimate of drug-likeness (QED) is 0.431. The molecule has 0 saturated heterocycles. The zero-order valence-electron chi connectivity index (χ0n) is 16.8. The minimum atomic E-state index is -0.197. The van der Waals surface area contributed by atoms with Crippen molar-refractivity contribution in [1.82, 2.24) is 4.90 Å². The van der Waals surface area contributed by atoms with Gasteiger partial charge < -0.3 is 20.0 Å². The second-order valence-corrected chi connectivity index (χ2v) is 9.38. The number of likely N-dealkylation sites (N-methyl/N-ethyl adjacent to an activating group) is 1. The number of rotatable bonds is 6. The normalized spacial score (nSPS) is 43.8. The third-order valence-electron chi connectivity index (χ3n) is 7.27. The van der Waals surface area contributed by atoms with E-state index in [1.807, 2.05) is 20.3 Å². The summed E-state index contributed by atoms with van der Waals surface area (Å²) in [4.78, 5) is 7.49. The molecule has 3 fully saturated rings. The minimum Gasteiger partial charge on any atom is -0.395 e. The Morgan fingerprint density at radius 1 is 1.04 bits per heavy atom. The number of oxime groups is 1. The maximum atomic E-state index is 10.7. The molecule has 0 aromatic rings. The van der Waals surface area contributed by atoms with Crippen LogP contribution in [0.4, 0.5) is 0 Å². The van der Waals surface area contributed by atoms with Crippen molar-refractivity contribution in [2.45, 2.75) is 64.1 Å². The average molecular weight is 367 g/mol. The molecule has 0 aliphatic heterocycles. The second-order valence-electron chi connectivity index (χ2n) is 9.38. The molecule has 0 amide bonds. The van der Waals surface area contributed by atoms with Crippen molar-refractivity contribution >= 4 is 6.21 Å². The highest BCUT2D eigenvalue weighted by Crippen LogP contribution is 2.52. The summed E-state index contributed by atoms with van der Waals surface area (Å²) in [7, 11) is 4.05. The molecule has 3 aliphatic rings. The molecule has 0 aromatic heterocycles. The molecular weight excluding hydrogens is 328 g/mol. The van der Waals surface area contributed by atoms with E-state index in [-0.39, 0.29) is 12.2 Å². The first kappa shape index (κ1) is 20.1. The van der Waals surface area contributed by atoms with E-state index < -0.39 is 0 Å². The van der Waals surface area contributed by atoms with E-state index in [1.54, 1.807) is 0 Å². The highest BCUT2D eigenvalue weighted by Gasteiger charge is 2.49. The second kappa shape index (κ2) is 9.03. The van der Waals surface area contributed by atoms with Gasteiger partial charge in [0, 0.05) is 18.7 Å². The molecule has 0 spiro atoms. The molecule has 26 heavy (non-hydrogen) atoms. The SMILES string of the molecule is CC1C[C@H](C2CCC(O)CC2)C[C@@H]2C(O)C[C@H](/C=N/OCCN(C)C)[C@@H]12. The summed E-state index contributed by atoms with van der Waals surface area (Å²) in [6, 6.07) is 0. The van der Waals surface area contributed by atoms with Crippen LogP contribution in [0, 0.1) is 35.5 Å². The summed E-state index contributed by atoms with van der Waals surface area (Å²) in [6.07, 6.45) is 9.20. The number of hydrogen-bond donors (Lipinski definition) is 2. The van der Waals surface area contributed by atoms with Crippen LogP contribution >= 0.6 is 0 Å². The van der Waals surface area contributed by atoms with Crippen LogP contribution in [0.25, 0.3) is 0 Å². The topological polar surface area (TPSA) is 65.3 Å². The van der Waals surface area contributed by atoms with Gasteiger partial charge in [0.2, 0.25) is 0 Å². The van der Waals surface area contributed by atoms with Gasteiger partial charge in [0.25, 0.3) is 0 Å². The van der Waals surface area contributed by atoms with E-state index in [9.17, 15) is 10.2 Å². The number of aliphatic hydroxyl groups is 2. The lowest BCUT2D eigenvalue weighted by atomic mass is 9.62. The van der Waals surface area contributed by atoms with Gasteiger partial charge in [0.05, 0.1) is 12.2 Å². The van der Waals surface area contributed by atoms with Gasteiger partial charge in [-0.15, -0.1) is 0 Å². The van der Waals surface area contributed by atoms with Gasteiger partial charge in [0.1, 0.15) is 6.61 Å². The smallest absolute Gasteiger partial charge is 0.129 e. The Kier molecular flexibility index (Phi) is 6.98. The molecule has 0 heterocycles. The van der Waals surface area contributed by atoms with Crippen molar-refractivity contribution in [2.24, 2.45) is 40.7 Å². The molecule has 5 heteroatoms. The molecular formula is C21H38N2O3. The summed E-state index contributed by atoms with van der Waals surface area (Å²) in [5.74, 6) is 3.39. The minimum absolute atomic E-state index is 0.0785. The zero-order valence-corrected chi connectivity index (χ0v) is 16.8. The Morgan fingerprint density at radius 2 is 1.77 bits per heavy atom. The summed E-state index contributed by atoms with van der Waals surface area (Å²) in [6.45, 7) is 3.84. The third-order valence-corrected chi connectivity index (χ3v) is 7.27. The first-order chi connectivity index (χ1) is 12.5. The van der Waals surface area contributed by atoms with E-state index in [4.69, 9.17) is 4.84 Å². The van der Waals surface area contributed by atoms with Gasteiger partial charge >= 0.3 is 0 Å². The van der Waals surface area contributed by atoms with Crippen molar-refractivity contribution in [3.8, 4) is 0 Å². The molecule has 3 aliphatic carbocycles. The first-order valence-electron chi connectivity index (χ1n) is 10.6. The van der Waals surface area contributed by atoms with Crippen molar-refractivity contribution in [2.75, 3.05) is 27.2 Å². The van der Waals surface area contributed by atoms with Crippen LogP contribution < -0.4 is 0 Å². The molecule has 0 aromatic carbocycles. The van der Waals surface area contributed by atoms with Crippen molar-refractivity contribution in [1.29, 1.82) is 0 Å². The average Bonchev–Trinajstić information content (AvgIpc) is 2.91. The lowest BCUT2D eigenvalue weighted by Gasteiger charge is -2.43. The Morgan fingerprint density at radius 3 is 2.46 bits per heavy atom. The Hall–Kier alpha value is -0.650. The maximum Gasteiger partial charge on any atom is 0.129 e. The largest absolute Gasteiger partial charge is 0.395 e. The van der Waals surface area contributed by atoms with Crippen molar-refractivity contribution in [3.05, 3.63) is 0 Å². The van der Waals surface area contributed by atoms with Gasteiger partial charge in [-0.25, -0.2) is 0 Å². The van der Waals surface area contributed by atoms with Crippen LogP contribution in [0.15, 0.2) is 5.16 Å². The monoisotopic (exact) mass is 366 g/mol. The lowest BCUT2D eigenvalue weighted by Crippen LogP contribution is -2.38. The summed E-state index contributed by atoms with van der Waals surface area (Å²) < 4.78 is 0. The van der Waals surface area contributed by atoms with Crippen LogP contribution in [0.5, 0.6) is 0 Å². The van der Waals surface area contributed by atoms with Gasteiger partial charge in [0.15, 0.2) is 0 Å². The van der Waals surface area contributed by atoms with Gasteiger partial charge in [-0.2, -0.15) is 0 Å². The fourth-order valence-corrected chi connectivity index (χ4v) is 5.94. The van der Waals surface area contributed by atoms with Crippen LogP contribution in [-0.4, -0.2) is 60.8 Å². The molecule has 0 bridgehead atoms. The predicted octanol–water partition coefficient (Wildman–Crippen LogP) is 2.76. The van der Waals surface area contributed by atoms with Gasteiger partial charge in [-0.3, -0.25) is 0 Å². The van der Waals surface area contributed by atoms with Crippen molar-refractivity contribution in [3.63, 3.8) is 0 Å². The van der Waals surface area contributed by atoms with E-state index in [0.29, 0.717) is 30.3 Å². The molecule has 2 N–H and O–H groups in total. The van der Waals surface area contributed by atoms with Crippen molar-refractivity contribution < 1.29 is 15.1 Å². The summed E-state index contributed by atoms with van der Waals surface area (Å²) >= 11 is 0. The van der Waals surface area contributed by atoms with E-state index in [0.717, 1.165) is 56.9 Å². The van der Waals surface area contributed by atoms with E-state index in [1.165, 1.54) is 6.42 Å². The van der Waals surface area contributed by atoms with Crippen LogP contribution in [0.1, 0.15) is 51.9 Å². The molecule has 6 atom stereocenters. The Bertz CT molecular complexity index is 462. The highest BCUT2D eigenvalue weighted by atomic mass is 16.6. The predicted molar refractivity (Wildman–Crippen MR) is 104 cm³/mol. The highest BCUT2D eigenvalue weighted by molar-refractivity contribution is 5.61. The molecule has 2 unspecified atom stereocenters. The van der Waals surface area contributed by atoms with Crippen LogP contribution in [-0.2, 0) is 4.84 Å². The Labute approximate surface area is 158 Å². The zero-order chi connectivity index (χ0) is 18.7. The number of aliphatic hydroxyl groups excluding tert-OH is 2. The molecule has 0 radical (unpaired) electrons. The summed E-state index contributed by atoms with van der Waals surface area (Å²) in [5.41, 5.74) is 0. The van der Waals surface area contributed by atoms with Gasteiger partial charge in [-0.1, -0.05) is 12.1 Å². The molecule has 3 rings (SSSR count). The molecule has 150 valence electrons. The number of fused-ring (bicyclic) bond motifs is 1. The summed E-state index contributed by atoms with van der Waals surface area (Å²) in [5, 5.41) is 24.7. The fraction of sp³-hybridized carbons (Fsp3) is 0.952. The van der Waals surface area contributed by atoms with Crippen LogP contribution in [0.3, 0.4) is 0 Å². The standard InChI is InChI=1S/C21H38N2O3/c1-14-10-16(15-4-6-18(24)7-5-15)11-19-20(25)12-17(21(14)19)13-22-26-9-8-23(2)3/h13-21,24-25H,4-12H2,1-3H3/b22-13+/t14?,15?,16-,17+,18?,19+,20?,21+/m0/s1. The van der Waals surface area contributed by atoms with Crippen LogP contribution in [0.2, 0.25) is 0 Å². The number of hydrogen-bond acceptors (Lipinski definition) is 5. The van der Waals surface area contributed by atoms with E-state index >= 15 is 0 Å². The first-order valence-corrected chi connectivity index (χ1v) is 10.6. The molecule has 5 nitrogen and oxygen atoms in total. The fourth-order valence-electron chi connectivity index (χ4n) is 5.94. The maximum absolute atomic E-state index is 10.7.